The highest BCUT2D eigenvalue weighted by molar-refractivity contribution is 5.83. The number of ether oxygens (including phenoxy) is 1. The first-order valence-electron chi connectivity index (χ1n) is 11.7. The molecule has 1 N–H and O–H groups in total. The van der Waals surface area contributed by atoms with Crippen molar-refractivity contribution in [1.29, 1.82) is 0 Å². The fourth-order valence-corrected chi connectivity index (χ4v) is 5.00. The van der Waals surface area contributed by atoms with Crippen LogP contribution in [0.3, 0.4) is 0 Å². The largest absolute Gasteiger partial charge is 0.444 e. The Balaban J connectivity index is 1.18. The molecule has 3 heterocycles. The van der Waals surface area contributed by atoms with Crippen LogP contribution in [0.4, 0.5) is 4.79 Å². The van der Waals surface area contributed by atoms with Crippen LogP contribution >= 0.6 is 0 Å². The summed E-state index contributed by atoms with van der Waals surface area (Å²) < 4.78 is 5.51. The van der Waals surface area contributed by atoms with E-state index in [1.165, 1.54) is 55.4 Å². The van der Waals surface area contributed by atoms with Gasteiger partial charge in [0.05, 0.1) is 0 Å². The number of amides is 1. The van der Waals surface area contributed by atoms with E-state index < -0.39 is 5.60 Å². The second kappa shape index (κ2) is 9.01. The summed E-state index contributed by atoms with van der Waals surface area (Å²) in [7, 11) is 0. The lowest BCUT2D eigenvalue weighted by Crippen LogP contribution is -2.42. The van der Waals surface area contributed by atoms with Crippen molar-refractivity contribution < 1.29 is 9.53 Å². The SMILES string of the molecule is CC(C)(C)OC(=O)N1CCC(CCN2CCC(c3c[nH]c4ccccc34)CC2)CC1. The first-order valence-corrected chi connectivity index (χ1v) is 11.7. The Hall–Kier alpha value is -2.01. The number of carbonyl (C=O) groups is 1. The first-order chi connectivity index (χ1) is 14.4. The number of benzene rings is 1. The zero-order valence-corrected chi connectivity index (χ0v) is 18.8. The number of aromatic nitrogens is 1. The summed E-state index contributed by atoms with van der Waals surface area (Å²) >= 11 is 0. The second-order valence-corrected chi connectivity index (χ2v) is 10.1. The number of hydrogen-bond acceptors (Lipinski definition) is 3. The molecule has 1 aromatic carbocycles. The van der Waals surface area contributed by atoms with Gasteiger partial charge in [0, 0.05) is 30.2 Å². The Kier molecular flexibility index (Phi) is 6.37. The number of H-pyrrole nitrogens is 1. The number of nitrogens with one attached hydrogen (secondary N) is 1. The minimum Gasteiger partial charge on any atom is -0.444 e. The Morgan fingerprint density at radius 1 is 1.07 bits per heavy atom. The number of aromatic amines is 1. The summed E-state index contributed by atoms with van der Waals surface area (Å²) in [6.45, 7) is 11.0. The molecule has 0 atom stereocenters. The molecule has 2 aromatic rings. The molecule has 2 aliphatic rings. The van der Waals surface area contributed by atoms with Gasteiger partial charge in [-0.2, -0.15) is 0 Å². The normalized spacial score (nSPS) is 20.0. The molecular formula is C25H37N3O2. The first kappa shape index (κ1) is 21.2. The number of para-hydroxylation sites is 1. The van der Waals surface area contributed by atoms with Crippen molar-refractivity contribution in [3.05, 3.63) is 36.0 Å². The van der Waals surface area contributed by atoms with Gasteiger partial charge in [0.15, 0.2) is 0 Å². The summed E-state index contributed by atoms with van der Waals surface area (Å²) in [4.78, 5) is 20.2. The maximum atomic E-state index is 12.2. The standard InChI is InChI=1S/C25H37N3O2/c1-25(2,3)30-24(29)28-16-9-19(10-17-28)8-13-27-14-11-20(12-15-27)22-18-26-23-7-5-4-6-21(22)23/h4-7,18-20,26H,8-17H2,1-3H3. The van der Waals surface area contributed by atoms with Crippen molar-refractivity contribution in [1.82, 2.24) is 14.8 Å². The fourth-order valence-electron chi connectivity index (χ4n) is 5.00. The molecule has 2 aliphatic heterocycles. The third-order valence-electron chi connectivity index (χ3n) is 6.77. The summed E-state index contributed by atoms with van der Waals surface area (Å²) in [5.41, 5.74) is 2.35. The van der Waals surface area contributed by atoms with Gasteiger partial charge in [0.2, 0.25) is 0 Å². The molecule has 30 heavy (non-hydrogen) atoms. The Morgan fingerprint density at radius 3 is 2.47 bits per heavy atom. The lowest BCUT2D eigenvalue weighted by atomic mass is 9.88. The monoisotopic (exact) mass is 411 g/mol. The van der Waals surface area contributed by atoms with Gasteiger partial charge in [-0.1, -0.05) is 18.2 Å². The molecule has 0 bridgehead atoms. The second-order valence-electron chi connectivity index (χ2n) is 10.1. The molecule has 0 unspecified atom stereocenters. The smallest absolute Gasteiger partial charge is 0.410 e. The van der Waals surface area contributed by atoms with Crippen molar-refractivity contribution in [2.75, 3.05) is 32.7 Å². The highest BCUT2D eigenvalue weighted by Gasteiger charge is 2.28. The topological polar surface area (TPSA) is 48.6 Å². The van der Waals surface area contributed by atoms with Crippen LogP contribution in [0.15, 0.2) is 30.5 Å². The number of piperidine rings is 2. The molecule has 5 nitrogen and oxygen atoms in total. The third-order valence-corrected chi connectivity index (χ3v) is 6.77. The molecule has 2 fully saturated rings. The molecule has 1 aromatic heterocycles. The van der Waals surface area contributed by atoms with Gasteiger partial charge in [-0.25, -0.2) is 4.79 Å². The minimum atomic E-state index is -0.410. The molecule has 0 radical (unpaired) electrons. The molecule has 2 saturated heterocycles. The van der Waals surface area contributed by atoms with Gasteiger partial charge in [-0.15, -0.1) is 0 Å². The van der Waals surface area contributed by atoms with Crippen LogP contribution in [0.25, 0.3) is 10.9 Å². The van der Waals surface area contributed by atoms with Gasteiger partial charge in [-0.3, -0.25) is 0 Å². The summed E-state index contributed by atoms with van der Waals surface area (Å²) in [5, 5.41) is 1.40. The molecule has 4 rings (SSSR count). The van der Waals surface area contributed by atoms with Crippen LogP contribution in [0.2, 0.25) is 0 Å². The lowest BCUT2D eigenvalue weighted by molar-refractivity contribution is 0.0177. The molecule has 0 aliphatic carbocycles. The Bertz CT molecular complexity index is 837. The lowest BCUT2D eigenvalue weighted by Gasteiger charge is -2.36. The van der Waals surface area contributed by atoms with E-state index in [4.69, 9.17) is 4.74 Å². The Morgan fingerprint density at radius 2 is 1.77 bits per heavy atom. The quantitative estimate of drug-likeness (QED) is 0.734. The van der Waals surface area contributed by atoms with Crippen molar-refractivity contribution in [2.45, 2.75) is 64.4 Å². The van der Waals surface area contributed by atoms with Crippen LogP contribution in [0.1, 0.15) is 64.4 Å². The summed E-state index contributed by atoms with van der Waals surface area (Å²) in [6.07, 6.45) is 8.03. The molecular weight excluding hydrogens is 374 g/mol. The third kappa shape index (κ3) is 5.18. The van der Waals surface area contributed by atoms with Crippen molar-refractivity contribution >= 4 is 17.0 Å². The van der Waals surface area contributed by atoms with Crippen LogP contribution in [-0.2, 0) is 4.74 Å². The molecule has 164 valence electrons. The number of rotatable bonds is 4. The predicted molar refractivity (Wildman–Crippen MR) is 122 cm³/mol. The highest BCUT2D eigenvalue weighted by Crippen LogP contribution is 2.33. The van der Waals surface area contributed by atoms with E-state index in [-0.39, 0.29) is 6.09 Å². The van der Waals surface area contributed by atoms with Crippen molar-refractivity contribution in [2.24, 2.45) is 5.92 Å². The summed E-state index contributed by atoms with van der Waals surface area (Å²) in [6, 6.07) is 8.66. The van der Waals surface area contributed by atoms with Gasteiger partial charge < -0.3 is 19.5 Å². The van der Waals surface area contributed by atoms with Gasteiger partial charge in [-0.05, 0) is 96.0 Å². The number of fused-ring (bicyclic) bond motifs is 1. The van der Waals surface area contributed by atoms with Crippen molar-refractivity contribution in [3.63, 3.8) is 0 Å². The maximum absolute atomic E-state index is 12.2. The predicted octanol–water partition coefficient (Wildman–Crippen LogP) is 5.38. The van der Waals surface area contributed by atoms with Crippen LogP contribution in [0.5, 0.6) is 0 Å². The number of likely N-dealkylation sites (tertiary alicyclic amines) is 2. The van der Waals surface area contributed by atoms with Gasteiger partial charge in [0.25, 0.3) is 0 Å². The van der Waals surface area contributed by atoms with Crippen LogP contribution in [0, 0.1) is 5.92 Å². The van der Waals surface area contributed by atoms with Gasteiger partial charge >= 0.3 is 6.09 Å². The van der Waals surface area contributed by atoms with E-state index in [1.807, 2.05) is 25.7 Å². The van der Waals surface area contributed by atoms with Crippen molar-refractivity contribution in [3.8, 4) is 0 Å². The molecule has 5 heteroatoms. The van der Waals surface area contributed by atoms with E-state index in [1.54, 1.807) is 0 Å². The maximum Gasteiger partial charge on any atom is 0.410 e. The zero-order valence-electron chi connectivity index (χ0n) is 18.8. The number of nitrogens with zero attached hydrogens (tertiary/aromatic N) is 2. The summed E-state index contributed by atoms with van der Waals surface area (Å²) in [5.74, 6) is 1.41. The zero-order chi connectivity index (χ0) is 21.1. The minimum absolute atomic E-state index is 0.152. The molecule has 1 amide bonds. The number of carbonyl (C=O) groups excluding carboxylic acids is 1. The van der Waals surface area contributed by atoms with E-state index in [2.05, 4.69) is 40.3 Å². The average molecular weight is 412 g/mol. The van der Waals surface area contributed by atoms with Crippen LogP contribution in [-0.4, -0.2) is 59.2 Å². The Labute approximate surface area is 180 Å². The van der Waals surface area contributed by atoms with E-state index in [0.717, 1.165) is 31.8 Å². The molecule has 0 saturated carbocycles. The average Bonchev–Trinajstić information content (AvgIpc) is 3.16. The fraction of sp³-hybridized carbons (Fsp3) is 0.640. The molecule has 0 spiro atoms. The number of hydrogen-bond donors (Lipinski definition) is 1. The van der Waals surface area contributed by atoms with E-state index >= 15 is 0 Å². The van der Waals surface area contributed by atoms with E-state index in [9.17, 15) is 4.79 Å². The highest BCUT2D eigenvalue weighted by atomic mass is 16.6. The van der Waals surface area contributed by atoms with E-state index in [0.29, 0.717) is 5.92 Å². The van der Waals surface area contributed by atoms with Crippen LogP contribution < -0.4 is 0 Å². The van der Waals surface area contributed by atoms with Gasteiger partial charge in [0.1, 0.15) is 5.60 Å².